The van der Waals surface area contributed by atoms with Crippen LogP contribution in [-0.2, 0) is 0 Å². The third-order valence-electron chi connectivity index (χ3n) is 2.78. The van der Waals surface area contributed by atoms with Gasteiger partial charge in [-0.15, -0.1) is 0 Å². The summed E-state index contributed by atoms with van der Waals surface area (Å²) in [6.07, 6.45) is 8.31. The highest BCUT2D eigenvalue weighted by atomic mass is 79.9. The van der Waals surface area contributed by atoms with Crippen LogP contribution in [0.3, 0.4) is 0 Å². The summed E-state index contributed by atoms with van der Waals surface area (Å²) in [7, 11) is 0. The van der Waals surface area contributed by atoms with Gasteiger partial charge in [0.1, 0.15) is 0 Å². The zero-order valence-corrected chi connectivity index (χ0v) is 10.5. The molecule has 1 nitrogen and oxygen atoms in total. The molecule has 0 bridgehead atoms. The van der Waals surface area contributed by atoms with Gasteiger partial charge < -0.3 is 5.32 Å². The van der Waals surface area contributed by atoms with Crippen LogP contribution >= 0.6 is 15.9 Å². The largest absolute Gasteiger partial charge is 0.379 e. The topological polar surface area (TPSA) is 12.0 Å². The molecule has 1 aromatic rings. The monoisotopic (exact) mass is 265 g/mol. The minimum Gasteiger partial charge on any atom is -0.379 e. The fraction of sp³-hybridized carbons (Fsp3) is 0.385. The minimum atomic E-state index is 0.508. The average Bonchev–Trinajstić information content (AvgIpc) is 2.25. The molecule has 1 unspecified atom stereocenters. The predicted octanol–water partition coefficient (Wildman–Crippen LogP) is 4.28. The molecule has 80 valence electrons. The van der Waals surface area contributed by atoms with Crippen LogP contribution in [0.25, 0.3) is 0 Å². The lowest BCUT2D eigenvalue weighted by Crippen LogP contribution is -2.18. The summed E-state index contributed by atoms with van der Waals surface area (Å²) >= 11 is 3.55. The minimum absolute atomic E-state index is 0.508. The van der Waals surface area contributed by atoms with Gasteiger partial charge in [0.25, 0.3) is 0 Å². The molecule has 1 aromatic carbocycles. The SMILES string of the molecule is Cc1ccc(NC2C=CCCC2)cc1Br. The van der Waals surface area contributed by atoms with E-state index >= 15 is 0 Å². The second kappa shape index (κ2) is 4.84. The van der Waals surface area contributed by atoms with Crippen molar-refractivity contribution in [1.29, 1.82) is 0 Å². The zero-order valence-electron chi connectivity index (χ0n) is 8.96. The lowest BCUT2D eigenvalue weighted by Gasteiger charge is -2.19. The van der Waals surface area contributed by atoms with Crippen LogP contribution in [0.4, 0.5) is 5.69 Å². The van der Waals surface area contributed by atoms with E-state index in [0.717, 1.165) is 0 Å². The van der Waals surface area contributed by atoms with Gasteiger partial charge in [0.2, 0.25) is 0 Å². The van der Waals surface area contributed by atoms with Crippen LogP contribution in [0.5, 0.6) is 0 Å². The Kier molecular flexibility index (Phi) is 3.47. The summed E-state index contributed by atoms with van der Waals surface area (Å²) < 4.78 is 1.17. The molecule has 1 aliphatic carbocycles. The quantitative estimate of drug-likeness (QED) is 0.788. The van der Waals surface area contributed by atoms with Crippen molar-refractivity contribution < 1.29 is 0 Å². The molecular formula is C13H16BrN. The molecule has 15 heavy (non-hydrogen) atoms. The number of benzene rings is 1. The number of halogens is 1. The highest BCUT2D eigenvalue weighted by Gasteiger charge is 2.07. The van der Waals surface area contributed by atoms with Gasteiger partial charge in [0.05, 0.1) is 0 Å². The summed E-state index contributed by atoms with van der Waals surface area (Å²) in [5.74, 6) is 0. The molecule has 0 saturated carbocycles. The van der Waals surface area contributed by atoms with E-state index in [1.807, 2.05) is 0 Å². The van der Waals surface area contributed by atoms with Gasteiger partial charge in [0, 0.05) is 16.2 Å². The molecule has 1 aliphatic rings. The molecule has 0 spiro atoms. The van der Waals surface area contributed by atoms with Gasteiger partial charge >= 0.3 is 0 Å². The maximum atomic E-state index is 3.55. The standard InChI is InChI=1S/C13H16BrN/c1-10-7-8-12(9-13(10)14)15-11-5-3-2-4-6-11/h3,5,7-9,11,15H,2,4,6H2,1H3. The Morgan fingerprint density at radius 1 is 1.40 bits per heavy atom. The summed E-state index contributed by atoms with van der Waals surface area (Å²) in [5, 5.41) is 3.53. The molecule has 0 heterocycles. The Balaban J connectivity index is 2.07. The first-order valence-corrected chi connectivity index (χ1v) is 6.24. The maximum Gasteiger partial charge on any atom is 0.0444 e. The smallest absolute Gasteiger partial charge is 0.0444 e. The fourth-order valence-corrected chi connectivity index (χ4v) is 2.21. The molecule has 0 aliphatic heterocycles. The van der Waals surface area contributed by atoms with E-state index in [-0.39, 0.29) is 0 Å². The van der Waals surface area contributed by atoms with Crippen molar-refractivity contribution >= 4 is 21.6 Å². The Morgan fingerprint density at radius 3 is 2.93 bits per heavy atom. The van der Waals surface area contributed by atoms with Crippen LogP contribution in [0.15, 0.2) is 34.8 Å². The van der Waals surface area contributed by atoms with Crippen molar-refractivity contribution in [3.05, 3.63) is 40.4 Å². The molecule has 1 atom stereocenters. The number of hydrogen-bond acceptors (Lipinski definition) is 1. The van der Waals surface area contributed by atoms with Crippen LogP contribution in [0.1, 0.15) is 24.8 Å². The van der Waals surface area contributed by atoms with Crippen LogP contribution < -0.4 is 5.32 Å². The first-order chi connectivity index (χ1) is 7.25. The van der Waals surface area contributed by atoms with E-state index in [9.17, 15) is 0 Å². The van der Waals surface area contributed by atoms with E-state index in [4.69, 9.17) is 0 Å². The van der Waals surface area contributed by atoms with Gasteiger partial charge in [-0.2, -0.15) is 0 Å². The lowest BCUT2D eigenvalue weighted by atomic mass is 10.0. The fourth-order valence-electron chi connectivity index (χ4n) is 1.83. The zero-order chi connectivity index (χ0) is 10.7. The molecular weight excluding hydrogens is 250 g/mol. The van der Waals surface area contributed by atoms with Gasteiger partial charge in [-0.25, -0.2) is 0 Å². The Bertz CT molecular complexity index is 371. The molecule has 0 radical (unpaired) electrons. The average molecular weight is 266 g/mol. The molecule has 0 fully saturated rings. The third kappa shape index (κ3) is 2.85. The molecule has 0 saturated heterocycles. The van der Waals surface area contributed by atoms with Crippen molar-refractivity contribution in [1.82, 2.24) is 0 Å². The highest BCUT2D eigenvalue weighted by Crippen LogP contribution is 2.22. The Morgan fingerprint density at radius 2 is 2.27 bits per heavy atom. The van der Waals surface area contributed by atoms with E-state index in [1.54, 1.807) is 0 Å². The van der Waals surface area contributed by atoms with Gasteiger partial charge in [-0.05, 0) is 43.9 Å². The van der Waals surface area contributed by atoms with Crippen molar-refractivity contribution in [2.45, 2.75) is 32.2 Å². The van der Waals surface area contributed by atoms with Crippen LogP contribution in [0.2, 0.25) is 0 Å². The molecule has 2 rings (SSSR count). The normalized spacial score (nSPS) is 20.3. The summed E-state index contributed by atoms with van der Waals surface area (Å²) in [4.78, 5) is 0. The number of hydrogen-bond donors (Lipinski definition) is 1. The number of aryl methyl sites for hydroxylation is 1. The van der Waals surface area contributed by atoms with Crippen molar-refractivity contribution in [3.63, 3.8) is 0 Å². The van der Waals surface area contributed by atoms with Crippen LogP contribution in [0, 0.1) is 6.92 Å². The number of anilines is 1. The van der Waals surface area contributed by atoms with E-state index in [0.29, 0.717) is 6.04 Å². The summed E-state index contributed by atoms with van der Waals surface area (Å²) in [5.41, 5.74) is 2.48. The van der Waals surface area contributed by atoms with Gasteiger partial charge in [-0.1, -0.05) is 34.1 Å². The second-order valence-electron chi connectivity index (χ2n) is 4.07. The van der Waals surface area contributed by atoms with Crippen molar-refractivity contribution in [2.24, 2.45) is 0 Å². The number of nitrogens with one attached hydrogen (secondary N) is 1. The first kappa shape index (κ1) is 10.7. The van der Waals surface area contributed by atoms with Crippen molar-refractivity contribution in [3.8, 4) is 0 Å². The van der Waals surface area contributed by atoms with Crippen molar-refractivity contribution in [2.75, 3.05) is 5.32 Å². The van der Waals surface area contributed by atoms with E-state index < -0.39 is 0 Å². The highest BCUT2D eigenvalue weighted by molar-refractivity contribution is 9.10. The summed E-state index contributed by atoms with van der Waals surface area (Å²) in [6, 6.07) is 6.94. The van der Waals surface area contributed by atoms with E-state index in [2.05, 4.69) is 58.5 Å². The molecule has 1 N–H and O–H groups in total. The second-order valence-corrected chi connectivity index (χ2v) is 4.93. The van der Waals surface area contributed by atoms with E-state index in [1.165, 1.54) is 35.0 Å². The molecule has 0 aromatic heterocycles. The Hall–Kier alpha value is -0.760. The predicted molar refractivity (Wildman–Crippen MR) is 69.3 cm³/mol. The van der Waals surface area contributed by atoms with Gasteiger partial charge in [-0.3, -0.25) is 0 Å². The number of allylic oxidation sites excluding steroid dienone is 1. The summed E-state index contributed by atoms with van der Waals surface area (Å²) in [6.45, 7) is 2.11. The molecule has 2 heteroatoms. The lowest BCUT2D eigenvalue weighted by molar-refractivity contribution is 0.674. The van der Waals surface area contributed by atoms with Gasteiger partial charge in [0.15, 0.2) is 0 Å². The first-order valence-electron chi connectivity index (χ1n) is 5.45. The maximum absolute atomic E-state index is 3.55. The number of rotatable bonds is 2. The Labute approximate surface area is 99.7 Å². The molecule has 0 amide bonds. The van der Waals surface area contributed by atoms with Crippen LogP contribution in [-0.4, -0.2) is 6.04 Å². The third-order valence-corrected chi connectivity index (χ3v) is 3.63.